The summed E-state index contributed by atoms with van der Waals surface area (Å²) in [4.78, 5) is 16.3. The molecule has 2 heterocycles. The van der Waals surface area contributed by atoms with Crippen LogP contribution in [0.5, 0.6) is 0 Å². The SMILES string of the molecule is CNc1ccc(C(=O)N2CCCN(CCO)CC2)nn1. The van der Waals surface area contributed by atoms with E-state index >= 15 is 0 Å². The van der Waals surface area contributed by atoms with Gasteiger partial charge in [0.2, 0.25) is 0 Å². The molecule has 1 aliphatic heterocycles. The van der Waals surface area contributed by atoms with Crippen molar-refractivity contribution in [2.45, 2.75) is 6.42 Å². The lowest BCUT2D eigenvalue weighted by molar-refractivity contribution is 0.0753. The molecule has 0 bridgehead atoms. The molecule has 1 fully saturated rings. The molecule has 7 nitrogen and oxygen atoms in total. The number of carbonyl (C=O) groups excluding carboxylic acids is 1. The maximum absolute atomic E-state index is 12.4. The molecule has 20 heavy (non-hydrogen) atoms. The van der Waals surface area contributed by atoms with Crippen LogP contribution >= 0.6 is 0 Å². The van der Waals surface area contributed by atoms with Crippen LogP contribution in [0.3, 0.4) is 0 Å². The minimum Gasteiger partial charge on any atom is -0.395 e. The molecule has 2 N–H and O–H groups in total. The number of anilines is 1. The van der Waals surface area contributed by atoms with Gasteiger partial charge in [-0.05, 0) is 25.1 Å². The zero-order valence-electron chi connectivity index (χ0n) is 11.7. The van der Waals surface area contributed by atoms with E-state index in [9.17, 15) is 4.79 Å². The molecule has 2 rings (SSSR count). The van der Waals surface area contributed by atoms with Gasteiger partial charge in [0, 0.05) is 33.2 Å². The van der Waals surface area contributed by atoms with Crippen molar-refractivity contribution in [2.75, 3.05) is 51.7 Å². The fourth-order valence-electron chi connectivity index (χ4n) is 2.28. The van der Waals surface area contributed by atoms with Crippen LogP contribution in [0.15, 0.2) is 12.1 Å². The number of hydrogen-bond acceptors (Lipinski definition) is 6. The number of nitrogens with zero attached hydrogens (tertiary/aromatic N) is 4. The fraction of sp³-hybridized carbons (Fsp3) is 0.615. The third-order valence-corrected chi connectivity index (χ3v) is 3.43. The molecule has 110 valence electrons. The number of carbonyl (C=O) groups is 1. The Kier molecular flexibility index (Phi) is 5.25. The second-order valence-corrected chi connectivity index (χ2v) is 4.76. The van der Waals surface area contributed by atoms with Crippen molar-refractivity contribution < 1.29 is 9.90 Å². The van der Waals surface area contributed by atoms with Crippen LogP contribution in [-0.2, 0) is 0 Å². The van der Waals surface area contributed by atoms with Crippen LogP contribution in [0.25, 0.3) is 0 Å². The molecule has 1 aliphatic rings. The van der Waals surface area contributed by atoms with Crippen LogP contribution < -0.4 is 5.32 Å². The van der Waals surface area contributed by atoms with Gasteiger partial charge in [0.05, 0.1) is 6.61 Å². The van der Waals surface area contributed by atoms with E-state index in [-0.39, 0.29) is 12.5 Å². The van der Waals surface area contributed by atoms with Gasteiger partial charge in [-0.3, -0.25) is 9.69 Å². The Bertz CT molecular complexity index is 437. The van der Waals surface area contributed by atoms with Gasteiger partial charge in [-0.15, -0.1) is 10.2 Å². The number of aliphatic hydroxyl groups is 1. The summed E-state index contributed by atoms with van der Waals surface area (Å²) in [5.41, 5.74) is 0.375. The van der Waals surface area contributed by atoms with Crippen LogP contribution in [0.1, 0.15) is 16.9 Å². The van der Waals surface area contributed by atoms with Crippen molar-refractivity contribution in [1.29, 1.82) is 0 Å². The minimum atomic E-state index is -0.0778. The van der Waals surface area contributed by atoms with E-state index in [1.165, 1.54) is 0 Å². The Morgan fingerprint density at radius 2 is 2.15 bits per heavy atom. The standard InChI is InChI=1S/C13H21N5O2/c1-14-12-4-3-11(15-16-12)13(20)18-6-2-5-17(7-8-18)9-10-19/h3-4,19H,2,5-10H2,1H3,(H,14,16). The van der Waals surface area contributed by atoms with E-state index < -0.39 is 0 Å². The second kappa shape index (κ2) is 7.16. The highest BCUT2D eigenvalue weighted by atomic mass is 16.3. The van der Waals surface area contributed by atoms with E-state index in [1.807, 2.05) is 0 Å². The lowest BCUT2D eigenvalue weighted by atomic mass is 10.3. The number of amides is 1. The monoisotopic (exact) mass is 279 g/mol. The normalized spacial score (nSPS) is 16.8. The van der Waals surface area contributed by atoms with Gasteiger partial charge in [0.15, 0.2) is 5.69 Å². The van der Waals surface area contributed by atoms with Crippen molar-refractivity contribution in [2.24, 2.45) is 0 Å². The Labute approximate surface area is 118 Å². The first kappa shape index (κ1) is 14.7. The maximum atomic E-state index is 12.4. The number of aliphatic hydroxyl groups excluding tert-OH is 1. The van der Waals surface area contributed by atoms with Crippen molar-refractivity contribution in [3.05, 3.63) is 17.8 Å². The second-order valence-electron chi connectivity index (χ2n) is 4.76. The highest BCUT2D eigenvalue weighted by molar-refractivity contribution is 5.92. The van der Waals surface area contributed by atoms with Gasteiger partial charge in [0.25, 0.3) is 5.91 Å². The lowest BCUT2D eigenvalue weighted by Crippen LogP contribution is -2.36. The molecular weight excluding hydrogens is 258 g/mol. The largest absolute Gasteiger partial charge is 0.395 e. The highest BCUT2D eigenvalue weighted by Crippen LogP contribution is 2.08. The lowest BCUT2D eigenvalue weighted by Gasteiger charge is -2.21. The predicted octanol–water partition coefficient (Wildman–Crippen LogP) is -0.341. The summed E-state index contributed by atoms with van der Waals surface area (Å²) < 4.78 is 0. The number of nitrogens with one attached hydrogen (secondary N) is 1. The summed E-state index contributed by atoms with van der Waals surface area (Å²) in [5.74, 6) is 0.567. The number of aromatic nitrogens is 2. The molecular formula is C13H21N5O2. The topological polar surface area (TPSA) is 81.6 Å². The zero-order chi connectivity index (χ0) is 14.4. The molecule has 0 aliphatic carbocycles. The summed E-state index contributed by atoms with van der Waals surface area (Å²) in [7, 11) is 1.76. The van der Waals surface area contributed by atoms with E-state index in [2.05, 4.69) is 20.4 Å². The Morgan fingerprint density at radius 1 is 1.30 bits per heavy atom. The van der Waals surface area contributed by atoms with Gasteiger partial charge < -0.3 is 15.3 Å². The van der Waals surface area contributed by atoms with Crippen molar-refractivity contribution in [3.63, 3.8) is 0 Å². The average Bonchev–Trinajstić information content (AvgIpc) is 2.73. The summed E-state index contributed by atoms with van der Waals surface area (Å²) in [6.45, 7) is 3.90. The third-order valence-electron chi connectivity index (χ3n) is 3.43. The number of rotatable bonds is 4. The molecule has 0 saturated carbocycles. The Morgan fingerprint density at radius 3 is 2.80 bits per heavy atom. The molecule has 1 aromatic rings. The van der Waals surface area contributed by atoms with Gasteiger partial charge >= 0.3 is 0 Å². The van der Waals surface area contributed by atoms with E-state index in [0.29, 0.717) is 24.6 Å². The molecule has 0 spiro atoms. The molecule has 1 aromatic heterocycles. The summed E-state index contributed by atoms with van der Waals surface area (Å²) in [5, 5.41) is 19.7. The van der Waals surface area contributed by atoms with E-state index in [4.69, 9.17) is 5.11 Å². The van der Waals surface area contributed by atoms with Crippen molar-refractivity contribution in [3.8, 4) is 0 Å². The molecule has 7 heteroatoms. The minimum absolute atomic E-state index is 0.0778. The van der Waals surface area contributed by atoms with E-state index in [1.54, 1.807) is 24.1 Å². The number of hydrogen-bond donors (Lipinski definition) is 2. The van der Waals surface area contributed by atoms with E-state index in [0.717, 1.165) is 26.1 Å². The molecule has 0 radical (unpaired) electrons. The number of β-amino-alcohol motifs (C(OH)–C–C–N with tert-alkyl or cyclic N) is 1. The van der Waals surface area contributed by atoms with Gasteiger partial charge in [-0.25, -0.2) is 0 Å². The maximum Gasteiger partial charge on any atom is 0.274 e. The third kappa shape index (κ3) is 3.64. The highest BCUT2D eigenvalue weighted by Gasteiger charge is 2.21. The van der Waals surface area contributed by atoms with Crippen LogP contribution in [-0.4, -0.2) is 77.4 Å². The zero-order valence-corrected chi connectivity index (χ0v) is 11.7. The molecule has 0 unspecified atom stereocenters. The van der Waals surface area contributed by atoms with Crippen molar-refractivity contribution in [1.82, 2.24) is 20.0 Å². The van der Waals surface area contributed by atoms with Crippen LogP contribution in [0.2, 0.25) is 0 Å². The predicted molar refractivity (Wildman–Crippen MR) is 75.6 cm³/mol. The first-order chi connectivity index (χ1) is 9.74. The average molecular weight is 279 g/mol. The first-order valence-corrected chi connectivity index (χ1v) is 6.88. The smallest absolute Gasteiger partial charge is 0.274 e. The Balaban J connectivity index is 1.97. The summed E-state index contributed by atoms with van der Waals surface area (Å²) >= 11 is 0. The molecule has 0 atom stereocenters. The quantitative estimate of drug-likeness (QED) is 0.784. The van der Waals surface area contributed by atoms with Gasteiger partial charge in [-0.1, -0.05) is 0 Å². The van der Waals surface area contributed by atoms with Crippen LogP contribution in [0, 0.1) is 0 Å². The fourth-order valence-corrected chi connectivity index (χ4v) is 2.28. The first-order valence-electron chi connectivity index (χ1n) is 6.88. The molecule has 0 aromatic carbocycles. The van der Waals surface area contributed by atoms with Crippen LogP contribution in [0.4, 0.5) is 5.82 Å². The van der Waals surface area contributed by atoms with Crippen molar-refractivity contribution >= 4 is 11.7 Å². The molecule has 1 saturated heterocycles. The van der Waals surface area contributed by atoms with Gasteiger partial charge in [0.1, 0.15) is 5.82 Å². The Hall–Kier alpha value is -1.73. The summed E-state index contributed by atoms with van der Waals surface area (Å²) in [6.07, 6.45) is 0.910. The van der Waals surface area contributed by atoms with Gasteiger partial charge in [-0.2, -0.15) is 0 Å². The molecule has 1 amide bonds. The summed E-state index contributed by atoms with van der Waals surface area (Å²) in [6, 6.07) is 3.44.